The van der Waals surface area contributed by atoms with Crippen LogP contribution in [0, 0.1) is 12.7 Å². The minimum atomic E-state index is -0.230. The first-order chi connectivity index (χ1) is 8.66. The van der Waals surface area contributed by atoms with Crippen LogP contribution in [0.3, 0.4) is 0 Å². The molecule has 1 heterocycles. The van der Waals surface area contributed by atoms with Gasteiger partial charge in [0.15, 0.2) is 0 Å². The van der Waals surface area contributed by atoms with Crippen molar-refractivity contribution in [1.29, 1.82) is 0 Å². The van der Waals surface area contributed by atoms with E-state index >= 15 is 0 Å². The quantitative estimate of drug-likeness (QED) is 0.871. The molecule has 0 unspecified atom stereocenters. The zero-order valence-corrected chi connectivity index (χ0v) is 10.2. The van der Waals surface area contributed by atoms with E-state index in [0.29, 0.717) is 24.3 Å². The highest BCUT2D eigenvalue weighted by Gasteiger charge is 2.04. The Kier molecular flexibility index (Phi) is 3.89. The lowest BCUT2D eigenvalue weighted by molar-refractivity contribution is 0.458. The van der Waals surface area contributed by atoms with Crippen LogP contribution in [0.15, 0.2) is 36.4 Å². The summed E-state index contributed by atoms with van der Waals surface area (Å²) in [5.41, 5.74) is 2.02. The Morgan fingerprint density at radius 2 is 1.94 bits per heavy atom. The Bertz CT molecular complexity index is 543. The summed E-state index contributed by atoms with van der Waals surface area (Å²) < 4.78 is 13.4. The molecular weight excluding hydrogens is 231 g/mol. The summed E-state index contributed by atoms with van der Waals surface area (Å²) >= 11 is 0. The van der Waals surface area contributed by atoms with Crippen molar-refractivity contribution in [2.24, 2.45) is 0 Å². The number of aryl methyl sites for hydroxylation is 1. The summed E-state index contributed by atoms with van der Waals surface area (Å²) in [6.45, 7) is 2.67. The second kappa shape index (κ2) is 5.60. The second-order valence-electron chi connectivity index (χ2n) is 4.11. The molecule has 2 aromatic rings. The molecule has 0 aliphatic heterocycles. The van der Waals surface area contributed by atoms with E-state index in [9.17, 15) is 9.50 Å². The third-order valence-electron chi connectivity index (χ3n) is 2.66. The summed E-state index contributed by atoms with van der Waals surface area (Å²) in [5.74, 6) is -0.0759. The fourth-order valence-corrected chi connectivity index (χ4v) is 1.69. The summed E-state index contributed by atoms with van der Waals surface area (Å²) in [6.07, 6.45) is 0. The van der Waals surface area contributed by atoms with E-state index < -0.39 is 0 Å². The molecule has 0 bridgehead atoms. The SMILES string of the molecule is Cc1ccc(O)c(CNCc2ccccc2F)n1. The van der Waals surface area contributed by atoms with Crippen molar-refractivity contribution >= 4 is 0 Å². The Morgan fingerprint density at radius 3 is 2.72 bits per heavy atom. The average Bonchev–Trinajstić information content (AvgIpc) is 2.36. The van der Waals surface area contributed by atoms with E-state index in [2.05, 4.69) is 10.3 Å². The van der Waals surface area contributed by atoms with E-state index in [4.69, 9.17) is 0 Å². The van der Waals surface area contributed by atoms with Crippen LogP contribution < -0.4 is 5.32 Å². The lowest BCUT2D eigenvalue weighted by Crippen LogP contribution is -2.15. The lowest BCUT2D eigenvalue weighted by Gasteiger charge is -2.07. The number of aromatic nitrogens is 1. The van der Waals surface area contributed by atoms with Crippen molar-refractivity contribution < 1.29 is 9.50 Å². The van der Waals surface area contributed by atoms with Crippen molar-refractivity contribution in [3.05, 3.63) is 59.2 Å². The standard InChI is InChI=1S/C14H15FN2O/c1-10-6-7-14(18)13(17-10)9-16-8-11-4-2-3-5-12(11)15/h2-7,16,18H,8-9H2,1H3. The van der Waals surface area contributed by atoms with Gasteiger partial charge >= 0.3 is 0 Å². The van der Waals surface area contributed by atoms with Crippen molar-refractivity contribution in [3.63, 3.8) is 0 Å². The fourth-order valence-electron chi connectivity index (χ4n) is 1.69. The number of aromatic hydroxyl groups is 1. The molecule has 0 radical (unpaired) electrons. The maximum absolute atomic E-state index is 13.4. The first kappa shape index (κ1) is 12.5. The number of nitrogens with zero attached hydrogens (tertiary/aromatic N) is 1. The Balaban J connectivity index is 1.96. The molecule has 18 heavy (non-hydrogen) atoms. The van der Waals surface area contributed by atoms with Crippen molar-refractivity contribution in [2.75, 3.05) is 0 Å². The smallest absolute Gasteiger partial charge is 0.138 e. The zero-order valence-electron chi connectivity index (χ0n) is 10.2. The van der Waals surface area contributed by atoms with Gasteiger partial charge in [-0.05, 0) is 25.1 Å². The largest absolute Gasteiger partial charge is 0.506 e. The van der Waals surface area contributed by atoms with E-state index in [1.807, 2.05) is 6.92 Å². The van der Waals surface area contributed by atoms with Gasteiger partial charge in [-0.15, -0.1) is 0 Å². The molecular formula is C14H15FN2O. The molecule has 0 aliphatic carbocycles. The highest BCUT2D eigenvalue weighted by molar-refractivity contribution is 5.27. The van der Waals surface area contributed by atoms with Crippen LogP contribution in [-0.4, -0.2) is 10.1 Å². The first-order valence-electron chi connectivity index (χ1n) is 5.76. The Morgan fingerprint density at radius 1 is 1.17 bits per heavy atom. The van der Waals surface area contributed by atoms with Gasteiger partial charge in [-0.1, -0.05) is 18.2 Å². The fraction of sp³-hybridized carbons (Fsp3) is 0.214. The van der Waals surface area contributed by atoms with Gasteiger partial charge in [0.05, 0.1) is 5.69 Å². The number of nitrogens with one attached hydrogen (secondary N) is 1. The summed E-state index contributed by atoms with van der Waals surface area (Å²) in [7, 11) is 0. The summed E-state index contributed by atoms with van der Waals surface area (Å²) in [5, 5.41) is 12.7. The van der Waals surface area contributed by atoms with Crippen molar-refractivity contribution in [2.45, 2.75) is 20.0 Å². The number of halogens is 1. The maximum atomic E-state index is 13.4. The molecule has 1 aromatic heterocycles. The van der Waals surface area contributed by atoms with Gasteiger partial charge in [0.1, 0.15) is 11.6 Å². The third kappa shape index (κ3) is 3.05. The number of rotatable bonds is 4. The topological polar surface area (TPSA) is 45.1 Å². The molecule has 0 spiro atoms. The number of hydrogen-bond acceptors (Lipinski definition) is 3. The van der Waals surface area contributed by atoms with Crippen LogP contribution in [-0.2, 0) is 13.1 Å². The van der Waals surface area contributed by atoms with Crippen LogP contribution in [0.4, 0.5) is 4.39 Å². The number of benzene rings is 1. The van der Waals surface area contributed by atoms with Gasteiger partial charge in [-0.25, -0.2) is 4.39 Å². The number of hydrogen-bond donors (Lipinski definition) is 2. The minimum Gasteiger partial charge on any atom is -0.506 e. The summed E-state index contributed by atoms with van der Waals surface area (Å²) in [4.78, 5) is 4.22. The molecule has 4 heteroatoms. The van der Waals surface area contributed by atoms with Gasteiger partial charge in [0, 0.05) is 24.3 Å². The lowest BCUT2D eigenvalue weighted by atomic mass is 10.2. The van der Waals surface area contributed by atoms with Gasteiger partial charge in [0.2, 0.25) is 0 Å². The van der Waals surface area contributed by atoms with E-state index in [0.717, 1.165) is 5.69 Å². The van der Waals surface area contributed by atoms with Crippen LogP contribution in [0.2, 0.25) is 0 Å². The molecule has 0 fully saturated rings. The Hall–Kier alpha value is -1.94. The second-order valence-corrected chi connectivity index (χ2v) is 4.11. The molecule has 3 nitrogen and oxygen atoms in total. The number of pyridine rings is 1. The van der Waals surface area contributed by atoms with Crippen LogP contribution in [0.1, 0.15) is 17.0 Å². The molecule has 2 rings (SSSR count). The van der Waals surface area contributed by atoms with Crippen LogP contribution in [0.5, 0.6) is 5.75 Å². The molecule has 0 amide bonds. The first-order valence-corrected chi connectivity index (χ1v) is 5.76. The zero-order chi connectivity index (χ0) is 13.0. The van der Waals surface area contributed by atoms with Gasteiger partial charge in [-0.2, -0.15) is 0 Å². The highest BCUT2D eigenvalue weighted by Crippen LogP contribution is 2.14. The molecule has 94 valence electrons. The normalized spacial score (nSPS) is 10.6. The minimum absolute atomic E-state index is 0.154. The summed E-state index contributed by atoms with van der Waals surface area (Å²) in [6, 6.07) is 9.97. The predicted octanol–water partition coefficient (Wildman–Crippen LogP) is 2.52. The van der Waals surface area contributed by atoms with Gasteiger partial charge in [0.25, 0.3) is 0 Å². The molecule has 2 N–H and O–H groups in total. The van der Waals surface area contributed by atoms with E-state index in [1.165, 1.54) is 6.07 Å². The van der Waals surface area contributed by atoms with Crippen LogP contribution >= 0.6 is 0 Å². The Labute approximate surface area is 105 Å². The van der Waals surface area contributed by atoms with Gasteiger partial charge in [-0.3, -0.25) is 4.98 Å². The average molecular weight is 246 g/mol. The molecule has 0 saturated carbocycles. The highest BCUT2D eigenvalue weighted by atomic mass is 19.1. The van der Waals surface area contributed by atoms with Crippen molar-refractivity contribution in [3.8, 4) is 5.75 Å². The molecule has 0 atom stereocenters. The van der Waals surface area contributed by atoms with Crippen molar-refractivity contribution in [1.82, 2.24) is 10.3 Å². The van der Waals surface area contributed by atoms with E-state index in [1.54, 1.807) is 30.3 Å². The van der Waals surface area contributed by atoms with E-state index in [-0.39, 0.29) is 11.6 Å². The van der Waals surface area contributed by atoms with Gasteiger partial charge < -0.3 is 10.4 Å². The predicted molar refractivity (Wildman–Crippen MR) is 67.6 cm³/mol. The maximum Gasteiger partial charge on any atom is 0.138 e. The molecule has 1 aromatic carbocycles. The van der Waals surface area contributed by atoms with Crippen LogP contribution in [0.25, 0.3) is 0 Å². The molecule has 0 saturated heterocycles. The monoisotopic (exact) mass is 246 g/mol. The molecule has 0 aliphatic rings. The third-order valence-corrected chi connectivity index (χ3v) is 2.66.